The van der Waals surface area contributed by atoms with Gasteiger partial charge in [0.25, 0.3) is 0 Å². The fourth-order valence-corrected chi connectivity index (χ4v) is 7.35. The number of nitrogens with zero attached hydrogens (tertiary/aromatic N) is 5. The van der Waals surface area contributed by atoms with Crippen LogP contribution in [0.1, 0.15) is 50.9 Å². The van der Waals surface area contributed by atoms with Crippen molar-refractivity contribution in [3.8, 4) is 0 Å². The minimum atomic E-state index is -0.0667. The molecule has 0 spiro atoms. The Morgan fingerprint density at radius 3 is 1.42 bits per heavy atom. The lowest BCUT2D eigenvalue weighted by atomic mass is 9.93. The number of allylic oxidation sites excluding steroid dienone is 2. The molecule has 2 aliphatic rings. The minimum absolute atomic E-state index is 0.0667. The molecule has 252 valence electrons. The molecule has 8 bridgehead atoms. The number of rotatable bonds is 4. The highest BCUT2D eigenvalue weighted by molar-refractivity contribution is 6.30. The van der Waals surface area contributed by atoms with E-state index < -0.39 is 0 Å². The zero-order chi connectivity index (χ0) is 35.3. The van der Waals surface area contributed by atoms with E-state index in [1.54, 1.807) is 0 Å². The number of fused-ring (bicyclic) bond motifs is 7. The third kappa shape index (κ3) is 5.64. The van der Waals surface area contributed by atoms with Crippen molar-refractivity contribution in [1.82, 2.24) is 15.0 Å². The lowest BCUT2D eigenvalue weighted by Gasteiger charge is -2.16. The zero-order valence-electron chi connectivity index (χ0n) is 29.7. The van der Waals surface area contributed by atoms with Crippen LogP contribution in [-0.2, 0) is 28.2 Å². The molecule has 1 atom stereocenters. The Kier molecular flexibility index (Phi) is 7.58. The fourth-order valence-electron chi connectivity index (χ4n) is 7.35. The van der Waals surface area contributed by atoms with Gasteiger partial charge in [0.15, 0.2) is 49.6 Å². The summed E-state index contributed by atoms with van der Waals surface area (Å²) in [5, 5.41) is 2.02. The number of pyridine rings is 4. The monoisotopic (exact) mass is 680 g/mol. The molecule has 7 aromatic heterocycles. The summed E-state index contributed by atoms with van der Waals surface area (Å²) in [5.41, 5.74) is 13.7. The number of aliphatic imine (C=N–C) groups is 1. The predicted molar refractivity (Wildman–Crippen MR) is 200 cm³/mol. The molecule has 9 heterocycles. The Balaban J connectivity index is 1.39. The molecule has 0 saturated carbocycles. The van der Waals surface area contributed by atoms with Gasteiger partial charge in [0.1, 0.15) is 28.2 Å². The van der Waals surface area contributed by atoms with E-state index in [9.17, 15) is 0 Å². The van der Waals surface area contributed by atoms with Crippen LogP contribution in [0.2, 0.25) is 0 Å². The van der Waals surface area contributed by atoms with Crippen LogP contribution in [0.25, 0.3) is 16.7 Å². The second-order valence-electron chi connectivity index (χ2n) is 13.8. The molecule has 0 saturated heterocycles. The van der Waals surface area contributed by atoms with Crippen LogP contribution in [0.4, 0.5) is 0 Å². The molecule has 8 heteroatoms. The van der Waals surface area contributed by atoms with Crippen molar-refractivity contribution in [2.45, 2.75) is 5.92 Å². The molecule has 0 amide bonds. The molecule has 7 aromatic rings. The lowest BCUT2D eigenvalue weighted by molar-refractivity contribution is -0.671. The topological polar surface area (TPSA) is 75.2 Å². The summed E-state index contributed by atoms with van der Waals surface area (Å²) >= 11 is 0. The maximum atomic E-state index is 5.41. The van der Waals surface area contributed by atoms with E-state index in [2.05, 4.69) is 187 Å². The minimum Gasteiger partial charge on any atom is -0.357 e. The Hall–Kier alpha value is -6.67. The Bertz CT molecular complexity index is 2680. The van der Waals surface area contributed by atoms with E-state index in [0.29, 0.717) is 0 Å². The first-order valence-corrected chi connectivity index (χ1v) is 17.5. The van der Waals surface area contributed by atoms with Crippen molar-refractivity contribution >= 4 is 22.4 Å². The maximum Gasteiger partial charge on any atom is 0.169 e. The van der Waals surface area contributed by atoms with Crippen LogP contribution in [0.15, 0.2) is 157 Å². The van der Waals surface area contributed by atoms with E-state index in [0.717, 1.165) is 78.3 Å². The van der Waals surface area contributed by atoms with E-state index in [-0.39, 0.29) is 5.92 Å². The van der Waals surface area contributed by atoms with Crippen LogP contribution in [-0.4, -0.2) is 20.7 Å². The SMILES string of the molecule is C[n+]1ccc(C2=C3C=CC(=N3)C(c3cc[n+](C)cc3)=c3ccc([nH]3)=C(c3cc[n+](C)cc3)c3ccc([nH]3)C(c3cc[n+](C)cc3)c3ccc2[nH]3)cc1. The van der Waals surface area contributed by atoms with Crippen molar-refractivity contribution in [1.29, 1.82) is 0 Å². The van der Waals surface area contributed by atoms with Gasteiger partial charge in [-0.1, -0.05) is 0 Å². The second kappa shape index (κ2) is 12.6. The highest BCUT2D eigenvalue weighted by Gasteiger charge is 2.26. The first-order valence-electron chi connectivity index (χ1n) is 17.5. The summed E-state index contributed by atoms with van der Waals surface area (Å²) in [5.74, 6) is -0.0667. The molecule has 0 aromatic carbocycles. The zero-order valence-corrected chi connectivity index (χ0v) is 29.7. The Morgan fingerprint density at radius 1 is 0.442 bits per heavy atom. The van der Waals surface area contributed by atoms with Gasteiger partial charge in [0.2, 0.25) is 0 Å². The summed E-state index contributed by atoms with van der Waals surface area (Å²) in [6, 6.07) is 30.6. The third-order valence-electron chi connectivity index (χ3n) is 10.1. The highest BCUT2D eigenvalue weighted by atomic mass is 14.9. The average Bonchev–Trinajstić information content (AvgIpc) is 3.99. The number of hydrogen-bond donors (Lipinski definition) is 3. The standard InChI is InChI=1S/C44H39N8/c1-49-21-13-29(14-22-49)41-33-5-7-35(45-33)42(30-15-23-50(2)24-16-30)37-9-11-39(47-37)44(32-19-27-52(4)28-20-32)40-12-10-38(48-40)43(36-8-6-34(41)46-36)31-17-25-51(3)26-18-31/h5-28,41H,1-4H3,(H2,45,46,47,48)/q+3/p+1. The molecule has 8 nitrogen and oxygen atoms in total. The molecule has 3 N–H and O–H groups in total. The third-order valence-corrected chi connectivity index (χ3v) is 10.1. The van der Waals surface area contributed by atoms with Crippen molar-refractivity contribution in [3.05, 3.63) is 208 Å². The second-order valence-corrected chi connectivity index (χ2v) is 13.8. The Morgan fingerprint density at radius 2 is 0.885 bits per heavy atom. The molecule has 0 radical (unpaired) electrons. The molecular formula is C44H40N8+4. The van der Waals surface area contributed by atoms with Gasteiger partial charge in [-0.05, 0) is 70.8 Å². The quantitative estimate of drug-likeness (QED) is 0.239. The highest BCUT2D eigenvalue weighted by Crippen LogP contribution is 2.36. The average molecular weight is 681 g/mol. The van der Waals surface area contributed by atoms with Gasteiger partial charge < -0.3 is 15.0 Å². The molecule has 1 unspecified atom stereocenters. The number of aryl methyl sites for hydroxylation is 4. The smallest absolute Gasteiger partial charge is 0.169 e. The number of aromatic amines is 3. The summed E-state index contributed by atoms with van der Waals surface area (Å²) in [6.07, 6.45) is 21.1. The molecule has 9 rings (SSSR count). The summed E-state index contributed by atoms with van der Waals surface area (Å²) in [7, 11) is 8.18. The largest absolute Gasteiger partial charge is 0.357 e. The molecular weight excluding hydrogens is 641 g/mol. The fraction of sp³-hybridized carbons (Fsp3) is 0.114. The van der Waals surface area contributed by atoms with Crippen molar-refractivity contribution in [2.75, 3.05) is 0 Å². The van der Waals surface area contributed by atoms with E-state index in [4.69, 9.17) is 4.99 Å². The number of nitrogens with one attached hydrogen (secondary N) is 3. The number of hydrogen-bond acceptors (Lipinski definition) is 1. The van der Waals surface area contributed by atoms with Gasteiger partial charge in [-0.15, -0.1) is 0 Å². The first-order chi connectivity index (χ1) is 25.4. The molecule has 0 aliphatic carbocycles. The van der Waals surface area contributed by atoms with Gasteiger partial charge in [0.05, 0.1) is 17.3 Å². The van der Waals surface area contributed by atoms with Crippen LogP contribution < -0.4 is 29.0 Å². The number of aromatic nitrogens is 7. The normalized spacial score (nSPS) is 15.4. The van der Waals surface area contributed by atoms with Crippen molar-refractivity contribution in [3.63, 3.8) is 0 Å². The van der Waals surface area contributed by atoms with Gasteiger partial charge in [-0.25, -0.2) is 23.3 Å². The number of H-pyrrole nitrogens is 3. The van der Waals surface area contributed by atoms with E-state index >= 15 is 0 Å². The van der Waals surface area contributed by atoms with Crippen molar-refractivity contribution in [2.24, 2.45) is 33.2 Å². The maximum absolute atomic E-state index is 5.41. The predicted octanol–water partition coefficient (Wildman–Crippen LogP) is 3.38. The summed E-state index contributed by atoms with van der Waals surface area (Å²) in [6.45, 7) is 0. The van der Waals surface area contributed by atoms with Crippen LogP contribution in [0.5, 0.6) is 0 Å². The van der Waals surface area contributed by atoms with Crippen LogP contribution in [0, 0.1) is 0 Å². The van der Waals surface area contributed by atoms with Gasteiger partial charge >= 0.3 is 0 Å². The summed E-state index contributed by atoms with van der Waals surface area (Å²) in [4.78, 5) is 17.0. The summed E-state index contributed by atoms with van der Waals surface area (Å²) < 4.78 is 8.25. The van der Waals surface area contributed by atoms with Crippen LogP contribution >= 0.6 is 0 Å². The van der Waals surface area contributed by atoms with Crippen LogP contribution in [0.3, 0.4) is 0 Å². The Labute approximate surface area is 302 Å². The van der Waals surface area contributed by atoms with Gasteiger partial charge in [-0.2, -0.15) is 0 Å². The lowest BCUT2D eigenvalue weighted by Crippen LogP contribution is -2.27. The van der Waals surface area contributed by atoms with Crippen molar-refractivity contribution < 1.29 is 18.3 Å². The molecule has 2 aliphatic heterocycles. The van der Waals surface area contributed by atoms with Gasteiger partial charge in [0, 0.05) is 98.7 Å². The first kappa shape index (κ1) is 31.3. The van der Waals surface area contributed by atoms with Gasteiger partial charge in [-0.3, -0.25) is 0 Å². The molecule has 0 fully saturated rings. The van der Waals surface area contributed by atoms with E-state index in [1.807, 2.05) is 21.1 Å². The molecule has 52 heavy (non-hydrogen) atoms. The van der Waals surface area contributed by atoms with E-state index in [1.165, 1.54) is 5.56 Å².